The number of amides is 1. The summed E-state index contributed by atoms with van der Waals surface area (Å²) in [6, 6.07) is 10.7. The van der Waals surface area contributed by atoms with Gasteiger partial charge in [0.2, 0.25) is 0 Å². The molecule has 3 aromatic rings. The molecule has 3 aromatic carbocycles. The standard InChI is InChI=1S/C31H33F4N3O8S/c1-30(2,3)46-29(39)37-13-7-15-43-27-18-22-20(17-26(27)42-4)23(12-14-36-22)44-24-11-10-19(16-21(24)32)38-47(40,41)28-9-6-5-8-25(28)45-31(33,34)35/h5-6,8-12,16-18,36,38H,7,13-15H2,1-4H3,(H,37,39). The third kappa shape index (κ3) is 9.81. The first-order valence-electron chi connectivity index (χ1n) is 14.2. The maximum absolute atomic E-state index is 15.1. The molecule has 16 heteroatoms. The second-order valence-electron chi connectivity index (χ2n) is 11.0. The van der Waals surface area contributed by atoms with Crippen LogP contribution in [0.25, 0.3) is 5.76 Å². The molecule has 11 nitrogen and oxygen atoms in total. The van der Waals surface area contributed by atoms with Crippen LogP contribution in [0.5, 0.6) is 23.0 Å². The second kappa shape index (κ2) is 14.3. The summed E-state index contributed by atoms with van der Waals surface area (Å²) in [6.07, 6.45) is -3.50. The van der Waals surface area contributed by atoms with Crippen LogP contribution in [0, 0.1) is 5.82 Å². The lowest BCUT2D eigenvalue weighted by Gasteiger charge is -2.22. The molecule has 47 heavy (non-hydrogen) atoms. The van der Waals surface area contributed by atoms with E-state index in [1.807, 2.05) is 0 Å². The Morgan fingerprint density at radius 1 is 0.979 bits per heavy atom. The highest BCUT2D eigenvalue weighted by Crippen LogP contribution is 2.40. The van der Waals surface area contributed by atoms with Crippen molar-refractivity contribution in [1.82, 2.24) is 5.32 Å². The van der Waals surface area contributed by atoms with Crippen molar-refractivity contribution in [3.8, 4) is 23.0 Å². The fourth-order valence-corrected chi connectivity index (χ4v) is 5.44. The van der Waals surface area contributed by atoms with E-state index >= 15 is 4.39 Å². The largest absolute Gasteiger partial charge is 0.573 e. The minimum absolute atomic E-state index is 0.246. The number of sulfonamides is 1. The molecule has 0 radical (unpaired) electrons. The molecule has 4 rings (SSSR count). The Balaban J connectivity index is 1.43. The average molecular weight is 684 g/mol. The number of nitrogens with one attached hydrogen (secondary N) is 3. The number of ether oxygens (including phenoxy) is 5. The number of fused-ring (bicyclic) bond motifs is 1. The number of alkyl halides is 3. The third-order valence-electron chi connectivity index (χ3n) is 6.16. The summed E-state index contributed by atoms with van der Waals surface area (Å²) >= 11 is 0. The summed E-state index contributed by atoms with van der Waals surface area (Å²) in [7, 11) is -3.15. The minimum Gasteiger partial charge on any atom is -0.493 e. The van der Waals surface area contributed by atoms with E-state index in [-0.39, 0.29) is 23.8 Å². The normalized spacial score (nSPS) is 13.0. The summed E-state index contributed by atoms with van der Waals surface area (Å²) in [5.74, 6) is -1.08. The summed E-state index contributed by atoms with van der Waals surface area (Å²) in [5.41, 5.74) is 0.263. The lowest BCUT2D eigenvalue weighted by atomic mass is 10.1. The van der Waals surface area contributed by atoms with E-state index in [4.69, 9.17) is 18.9 Å². The molecule has 0 bridgehead atoms. The van der Waals surface area contributed by atoms with Gasteiger partial charge in [-0.1, -0.05) is 12.1 Å². The Hall–Kier alpha value is -4.86. The molecule has 0 atom stereocenters. The lowest BCUT2D eigenvalue weighted by molar-refractivity contribution is -0.275. The molecule has 254 valence electrons. The predicted octanol–water partition coefficient (Wildman–Crippen LogP) is 6.67. The van der Waals surface area contributed by atoms with Crippen molar-refractivity contribution >= 4 is 33.3 Å². The maximum atomic E-state index is 15.1. The molecule has 0 unspecified atom stereocenters. The number of alkyl carbamates (subject to hydrolysis) is 1. The van der Waals surface area contributed by atoms with Crippen molar-refractivity contribution in [3.63, 3.8) is 0 Å². The van der Waals surface area contributed by atoms with E-state index < -0.39 is 44.5 Å². The molecule has 1 aliphatic heterocycles. The average Bonchev–Trinajstić information content (AvgIpc) is 2.96. The molecule has 0 aliphatic carbocycles. The fourth-order valence-electron chi connectivity index (χ4n) is 4.26. The molecular weight excluding hydrogens is 650 g/mol. The Morgan fingerprint density at radius 2 is 1.72 bits per heavy atom. The van der Waals surface area contributed by atoms with E-state index in [1.54, 1.807) is 39.0 Å². The Labute approximate surface area is 268 Å². The number of carbonyl (C=O) groups is 1. The van der Waals surface area contributed by atoms with Crippen LogP contribution in [0.3, 0.4) is 0 Å². The first-order valence-corrected chi connectivity index (χ1v) is 15.6. The number of anilines is 2. The Kier molecular flexibility index (Phi) is 10.6. The van der Waals surface area contributed by atoms with Crippen molar-refractivity contribution < 1.29 is 54.5 Å². The minimum atomic E-state index is -5.13. The Bertz CT molecular complexity index is 1740. The zero-order valence-corrected chi connectivity index (χ0v) is 26.6. The molecule has 1 heterocycles. The van der Waals surface area contributed by atoms with E-state index in [2.05, 4.69) is 20.1 Å². The molecule has 1 aliphatic rings. The van der Waals surface area contributed by atoms with Crippen molar-refractivity contribution in [2.75, 3.05) is 36.8 Å². The molecular formula is C31H33F4N3O8S. The summed E-state index contributed by atoms with van der Waals surface area (Å²) in [4.78, 5) is 11.0. The third-order valence-corrected chi connectivity index (χ3v) is 7.59. The highest BCUT2D eigenvalue weighted by atomic mass is 32.2. The van der Waals surface area contributed by atoms with Crippen molar-refractivity contribution in [1.29, 1.82) is 0 Å². The topological polar surface area (TPSA) is 133 Å². The molecule has 0 fully saturated rings. The second-order valence-corrected chi connectivity index (χ2v) is 12.6. The first kappa shape index (κ1) is 35.0. The van der Waals surface area contributed by atoms with Crippen LogP contribution >= 0.6 is 0 Å². The Morgan fingerprint density at radius 3 is 2.40 bits per heavy atom. The zero-order chi connectivity index (χ0) is 34.4. The molecule has 3 N–H and O–H groups in total. The number of hydrogen-bond acceptors (Lipinski definition) is 9. The van der Waals surface area contributed by atoms with E-state index in [1.165, 1.54) is 31.4 Å². The zero-order valence-electron chi connectivity index (χ0n) is 25.8. The van der Waals surface area contributed by atoms with E-state index in [9.17, 15) is 26.4 Å². The van der Waals surface area contributed by atoms with Crippen molar-refractivity contribution in [2.45, 2.75) is 44.1 Å². The van der Waals surface area contributed by atoms with Crippen molar-refractivity contribution in [3.05, 3.63) is 72.1 Å². The number of methoxy groups -OCH3 is 1. The summed E-state index contributed by atoms with van der Waals surface area (Å²) in [5, 5.41) is 5.83. The lowest BCUT2D eigenvalue weighted by Crippen LogP contribution is -2.33. The number of carbonyl (C=O) groups excluding carboxylic acids is 1. The highest BCUT2D eigenvalue weighted by Gasteiger charge is 2.34. The van der Waals surface area contributed by atoms with Gasteiger partial charge in [0.15, 0.2) is 23.1 Å². The van der Waals surface area contributed by atoms with Gasteiger partial charge in [-0.05, 0) is 63.6 Å². The number of hydrogen-bond donors (Lipinski definition) is 3. The van der Waals surface area contributed by atoms with E-state index in [0.717, 1.165) is 18.2 Å². The molecule has 0 spiro atoms. The van der Waals surface area contributed by atoms with Crippen LogP contribution < -0.4 is 34.3 Å². The van der Waals surface area contributed by atoms with Gasteiger partial charge >= 0.3 is 12.5 Å². The highest BCUT2D eigenvalue weighted by molar-refractivity contribution is 7.92. The van der Waals surface area contributed by atoms with Gasteiger partial charge in [0.25, 0.3) is 10.0 Å². The van der Waals surface area contributed by atoms with Crippen LogP contribution in [0.1, 0.15) is 32.8 Å². The first-order chi connectivity index (χ1) is 22.0. The van der Waals surface area contributed by atoms with Gasteiger partial charge in [0.1, 0.15) is 22.0 Å². The van der Waals surface area contributed by atoms with Crippen LogP contribution in [-0.4, -0.2) is 53.3 Å². The number of rotatable bonds is 12. The molecule has 0 aromatic heterocycles. The number of benzene rings is 3. The van der Waals surface area contributed by atoms with Gasteiger partial charge in [-0.3, -0.25) is 4.72 Å². The van der Waals surface area contributed by atoms with Gasteiger partial charge in [-0.25, -0.2) is 17.6 Å². The molecule has 0 saturated carbocycles. The smallest absolute Gasteiger partial charge is 0.493 e. The molecule has 0 saturated heterocycles. The summed E-state index contributed by atoms with van der Waals surface area (Å²) in [6.45, 7) is 6.21. The SMILES string of the molecule is COc1cc2c(cc1OCCCNC(=O)OC(C)(C)C)NCC=C2Oc1ccc(NS(=O)(=O)c2ccccc2OC(F)(F)F)cc1F. The number of para-hydroxylation sites is 1. The van der Waals surface area contributed by atoms with E-state index in [0.29, 0.717) is 42.3 Å². The van der Waals surface area contributed by atoms with Crippen molar-refractivity contribution in [2.24, 2.45) is 0 Å². The molecule has 1 amide bonds. The predicted molar refractivity (Wildman–Crippen MR) is 165 cm³/mol. The monoisotopic (exact) mass is 683 g/mol. The fraction of sp³-hybridized carbons (Fsp3) is 0.323. The van der Waals surface area contributed by atoms with Gasteiger partial charge in [-0.15, -0.1) is 13.2 Å². The van der Waals surface area contributed by atoms with Gasteiger partial charge in [-0.2, -0.15) is 0 Å². The quantitative estimate of drug-likeness (QED) is 0.141. The number of halogens is 4. The van der Waals surface area contributed by atoms with Gasteiger partial charge < -0.3 is 34.3 Å². The van der Waals surface area contributed by atoms with Crippen LogP contribution in [-0.2, 0) is 14.8 Å². The van der Waals surface area contributed by atoms with Crippen LogP contribution in [0.4, 0.5) is 33.7 Å². The van der Waals surface area contributed by atoms with Crippen LogP contribution in [0.15, 0.2) is 65.6 Å². The van der Waals surface area contributed by atoms with Crippen LogP contribution in [0.2, 0.25) is 0 Å². The maximum Gasteiger partial charge on any atom is 0.573 e. The summed E-state index contributed by atoms with van der Waals surface area (Å²) < 4.78 is 107. The van der Waals surface area contributed by atoms with Gasteiger partial charge in [0, 0.05) is 36.5 Å². The van der Waals surface area contributed by atoms with Gasteiger partial charge in [0.05, 0.1) is 19.4 Å².